The largest absolute Gasteiger partial charge is 0.497 e. The zero-order valence-electron chi connectivity index (χ0n) is 11.5. The van der Waals surface area contributed by atoms with Crippen LogP contribution in [0.4, 0.5) is 0 Å². The molecule has 1 atom stereocenters. The number of hydrogen-bond donors (Lipinski definition) is 0. The van der Waals surface area contributed by atoms with Crippen molar-refractivity contribution in [3.63, 3.8) is 0 Å². The standard InChI is InChI=1S/C14H20O4/c1-10(13(15)18-14(2,3)4)17-12-8-6-11(16-5)7-9-12/h6-10H,1-5H3/t10-/m0/s1. The summed E-state index contributed by atoms with van der Waals surface area (Å²) in [5, 5.41) is 0. The minimum absolute atomic E-state index is 0.377. The van der Waals surface area contributed by atoms with Gasteiger partial charge in [0.05, 0.1) is 7.11 Å². The molecule has 0 aliphatic heterocycles. The SMILES string of the molecule is COc1ccc(O[C@@H](C)C(=O)OC(C)(C)C)cc1. The van der Waals surface area contributed by atoms with E-state index in [9.17, 15) is 4.79 Å². The Morgan fingerprint density at radius 2 is 1.61 bits per heavy atom. The van der Waals surface area contributed by atoms with Crippen LogP contribution in [0.25, 0.3) is 0 Å². The van der Waals surface area contributed by atoms with Gasteiger partial charge < -0.3 is 14.2 Å². The van der Waals surface area contributed by atoms with Gasteiger partial charge in [-0.05, 0) is 52.0 Å². The molecule has 1 aromatic rings. The fourth-order valence-corrected chi connectivity index (χ4v) is 1.29. The van der Waals surface area contributed by atoms with E-state index in [0.29, 0.717) is 5.75 Å². The van der Waals surface area contributed by atoms with Crippen LogP contribution in [0.2, 0.25) is 0 Å². The molecule has 0 aliphatic rings. The molecule has 1 rings (SSSR count). The number of carbonyl (C=O) groups is 1. The third-order valence-corrected chi connectivity index (χ3v) is 2.11. The summed E-state index contributed by atoms with van der Waals surface area (Å²) in [6.07, 6.45) is -0.641. The van der Waals surface area contributed by atoms with Gasteiger partial charge in [0.25, 0.3) is 0 Å². The van der Waals surface area contributed by atoms with Crippen molar-refractivity contribution in [1.29, 1.82) is 0 Å². The topological polar surface area (TPSA) is 44.8 Å². The van der Waals surface area contributed by atoms with Crippen LogP contribution in [0.3, 0.4) is 0 Å². The maximum Gasteiger partial charge on any atom is 0.347 e. The van der Waals surface area contributed by atoms with Crippen molar-refractivity contribution >= 4 is 5.97 Å². The maximum absolute atomic E-state index is 11.7. The van der Waals surface area contributed by atoms with Gasteiger partial charge in [-0.2, -0.15) is 0 Å². The number of carbonyl (C=O) groups excluding carboxylic acids is 1. The molecule has 0 fully saturated rings. The van der Waals surface area contributed by atoms with Crippen LogP contribution in [0.5, 0.6) is 11.5 Å². The van der Waals surface area contributed by atoms with E-state index in [1.807, 2.05) is 20.8 Å². The molecule has 0 bridgehead atoms. The monoisotopic (exact) mass is 252 g/mol. The number of rotatable bonds is 4. The lowest BCUT2D eigenvalue weighted by molar-refractivity contribution is -0.162. The third-order valence-electron chi connectivity index (χ3n) is 2.11. The fourth-order valence-electron chi connectivity index (χ4n) is 1.29. The minimum Gasteiger partial charge on any atom is -0.497 e. The van der Waals surface area contributed by atoms with E-state index < -0.39 is 11.7 Å². The quantitative estimate of drug-likeness (QED) is 0.773. The van der Waals surface area contributed by atoms with Crippen molar-refractivity contribution in [1.82, 2.24) is 0 Å². The molecule has 4 nitrogen and oxygen atoms in total. The first-order valence-corrected chi connectivity index (χ1v) is 5.85. The Morgan fingerprint density at radius 1 is 1.11 bits per heavy atom. The number of benzene rings is 1. The van der Waals surface area contributed by atoms with E-state index >= 15 is 0 Å². The first kappa shape index (κ1) is 14.4. The average molecular weight is 252 g/mol. The molecule has 0 aliphatic carbocycles. The van der Waals surface area contributed by atoms with Crippen molar-refractivity contribution in [2.75, 3.05) is 7.11 Å². The van der Waals surface area contributed by atoms with Crippen molar-refractivity contribution in [2.45, 2.75) is 39.4 Å². The highest BCUT2D eigenvalue weighted by atomic mass is 16.6. The van der Waals surface area contributed by atoms with E-state index in [4.69, 9.17) is 14.2 Å². The van der Waals surface area contributed by atoms with Gasteiger partial charge >= 0.3 is 5.97 Å². The van der Waals surface area contributed by atoms with E-state index in [-0.39, 0.29) is 5.97 Å². The normalized spacial score (nSPS) is 12.7. The zero-order chi connectivity index (χ0) is 13.8. The van der Waals surface area contributed by atoms with Gasteiger partial charge in [-0.15, -0.1) is 0 Å². The van der Waals surface area contributed by atoms with Crippen LogP contribution >= 0.6 is 0 Å². The maximum atomic E-state index is 11.7. The van der Waals surface area contributed by atoms with Crippen LogP contribution in [0.15, 0.2) is 24.3 Å². The van der Waals surface area contributed by atoms with Crippen molar-refractivity contribution in [3.8, 4) is 11.5 Å². The van der Waals surface area contributed by atoms with Gasteiger partial charge in [-0.3, -0.25) is 0 Å². The zero-order valence-corrected chi connectivity index (χ0v) is 11.5. The van der Waals surface area contributed by atoms with E-state index in [2.05, 4.69) is 0 Å². The molecular weight excluding hydrogens is 232 g/mol. The molecule has 0 saturated heterocycles. The Morgan fingerprint density at radius 3 is 2.06 bits per heavy atom. The predicted octanol–water partition coefficient (Wildman–Crippen LogP) is 2.80. The molecule has 0 amide bonds. The lowest BCUT2D eigenvalue weighted by Crippen LogP contribution is -2.33. The van der Waals surface area contributed by atoms with Gasteiger partial charge in [0.15, 0.2) is 6.10 Å². The summed E-state index contributed by atoms with van der Waals surface area (Å²) in [6, 6.07) is 7.05. The van der Waals surface area contributed by atoms with E-state index in [1.165, 1.54) is 0 Å². The van der Waals surface area contributed by atoms with Gasteiger partial charge in [-0.25, -0.2) is 4.79 Å². The second kappa shape index (κ2) is 5.76. The first-order chi connectivity index (χ1) is 8.31. The van der Waals surface area contributed by atoms with Gasteiger partial charge in [0.1, 0.15) is 17.1 Å². The third kappa shape index (κ3) is 4.65. The second-order valence-electron chi connectivity index (χ2n) is 4.97. The van der Waals surface area contributed by atoms with Crippen molar-refractivity contribution in [3.05, 3.63) is 24.3 Å². The highest BCUT2D eigenvalue weighted by Crippen LogP contribution is 2.19. The summed E-state index contributed by atoms with van der Waals surface area (Å²) in [5.74, 6) is 0.972. The lowest BCUT2D eigenvalue weighted by Gasteiger charge is -2.22. The van der Waals surface area contributed by atoms with E-state index in [1.54, 1.807) is 38.3 Å². The lowest BCUT2D eigenvalue weighted by atomic mass is 10.2. The Balaban J connectivity index is 2.58. The molecule has 1 aromatic carbocycles. The molecule has 0 radical (unpaired) electrons. The van der Waals surface area contributed by atoms with Crippen molar-refractivity contribution < 1.29 is 19.0 Å². The van der Waals surface area contributed by atoms with Crippen molar-refractivity contribution in [2.24, 2.45) is 0 Å². The first-order valence-electron chi connectivity index (χ1n) is 5.85. The smallest absolute Gasteiger partial charge is 0.347 e. The van der Waals surface area contributed by atoms with E-state index in [0.717, 1.165) is 5.75 Å². The summed E-state index contributed by atoms with van der Waals surface area (Å²) in [6.45, 7) is 7.14. The Bertz CT molecular complexity index is 389. The average Bonchev–Trinajstić information content (AvgIpc) is 2.27. The molecular formula is C14H20O4. The fraction of sp³-hybridized carbons (Fsp3) is 0.500. The molecule has 0 N–H and O–H groups in total. The van der Waals surface area contributed by atoms with Crippen LogP contribution in [-0.2, 0) is 9.53 Å². The van der Waals surface area contributed by atoms with Gasteiger partial charge in [-0.1, -0.05) is 0 Å². The highest BCUT2D eigenvalue weighted by Gasteiger charge is 2.22. The Hall–Kier alpha value is -1.71. The van der Waals surface area contributed by atoms with Gasteiger partial charge in [0.2, 0.25) is 0 Å². The van der Waals surface area contributed by atoms with Gasteiger partial charge in [0, 0.05) is 0 Å². The molecule has 0 spiro atoms. The van der Waals surface area contributed by atoms with Crippen LogP contribution < -0.4 is 9.47 Å². The number of methoxy groups -OCH3 is 1. The summed E-state index contributed by atoms with van der Waals surface area (Å²) in [5.41, 5.74) is -0.505. The molecule has 0 saturated carbocycles. The number of hydrogen-bond acceptors (Lipinski definition) is 4. The summed E-state index contributed by atoms with van der Waals surface area (Å²) in [4.78, 5) is 11.7. The Labute approximate surface area is 108 Å². The summed E-state index contributed by atoms with van der Waals surface area (Å²) >= 11 is 0. The Kier molecular flexibility index (Phi) is 4.59. The highest BCUT2D eigenvalue weighted by molar-refractivity contribution is 5.75. The predicted molar refractivity (Wildman–Crippen MR) is 68.9 cm³/mol. The number of ether oxygens (including phenoxy) is 3. The molecule has 100 valence electrons. The van der Waals surface area contributed by atoms with Crippen LogP contribution in [0, 0.1) is 0 Å². The molecule has 0 unspecified atom stereocenters. The minimum atomic E-state index is -0.641. The summed E-state index contributed by atoms with van der Waals surface area (Å²) < 4.78 is 15.8. The molecule has 4 heteroatoms. The molecule has 18 heavy (non-hydrogen) atoms. The number of esters is 1. The molecule has 0 heterocycles. The summed E-state index contributed by atoms with van der Waals surface area (Å²) in [7, 11) is 1.60. The molecule has 0 aromatic heterocycles. The van der Waals surface area contributed by atoms with Crippen LogP contribution in [0.1, 0.15) is 27.7 Å². The van der Waals surface area contributed by atoms with Crippen LogP contribution in [-0.4, -0.2) is 24.8 Å². The second-order valence-corrected chi connectivity index (χ2v) is 4.97.